The molecule has 0 spiro atoms. The van der Waals surface area contributed by atoms with Crippen LogP contribution in [0.3, 0.4) is 0 Å². The summed E-state index contributed by atoms with van der Waals surface area (Å²) in [6.45, 7) is 0. The summed E-state index contributed by atoms with van der Waals surface area (Å²) in [6, 6.07) is 14.7. The van der Waals surface area contributed by atoms with Gasteiger partial charge in [-0.25, -0.2) is 4.68 Å². The number of aromatic nitrogens is 3. The highest BCUT2D eigenvalue weighted by atomic mass is 35.5. The van der Waals surface area contributed by atoms with Crippen molar-refractivity contribution in [3.05, 3.63) is 77.1 Å². The molecule has 5 nitrogen and oxygen atoms in total. The average molecular weight is 325 g/mol. The Labute approximate surface area is 137 Å². The van der Waals surface area contributed by atoms with Gasteiger partial charge in [0.1, 0.15) is 18.1 Å². The molecule has 4 rings (SSSR count). The third-order valence-corrected chi connectivity index (χ3v) is 4.07. The lowest BCUT2D eigenvalue weighted by molar-refractivity contribution is 0.473. The van der Waals surface area contributed by atoms with Gasteiger partial charge in [0.05, 0.1) is 5.70 Å². The van der Waals surface area contributed by atoms with E-state index in [-0.39, 0.29) is 11.8 Å². The zero-order valence-corrected chi connectivity index (χ0v) is 12.8. The van der Waals surface area contributed by atoms with E-state index in [1.165, 1.54) is 6.33 Å². The summed E-state index contributed by atoms with van der Waals surface area (Å²) in [5.41, 5.74) is 2.56. The topological polar surface area (TPSA) is 63.0 Å². The molecule has 0 amide bonds. The second-order valence-corrected chi connectivity index (χ2v) is 5.68. The van der Waals surface area contributed by atoms with Crippen molar-refractivity contribution in [2.75, 3.05) is 5.32 Å². The molecular formula is C17H13ClN4O. The second kappa shape index (κ2) is 5.44. The molecule has 0 aliphatic carbocycles. The molecule has 0 saturated carbocycles. The van der Waals surface area contributed by atoms with Crippen LogP contribution in [0.4, 0.5) is 5.95 Å². The zero-order valence-electron chi connectivity index (χ0n) is 12.0. The number of anilines is 1. The van der Waals surface area contributed by atoms with E-state index >= 15 is 0 Å². The number of nitrogens with zero attached hydrogens (tertiary/aromatic N) is 3. The molecule has 114 valence electrons. The van der Waals surface area contributed by atoms with Crippen molar-refractivity contribution >= 4 is 23.2 Å². The Hall–Kier alpha value is -2.79. The molecule has 2 heterocycles. The fourth-order valence-corrected chi connectivity index (χ4v) is 2.82. The van der Waals surface area contributed by atoms with Gasteiger partial charge in [0.15, 0.2) is 0 Å². The first-order valence-corrected chi connectivity index (χ1v) is 7.52. The smallest absolute Gasteiger partial charge is 0.226 e. The Morgan fingerprint density at radius 1 is 1.09 bits per heavy atom. The quantitative estimate of drug-likeness (QED) is 0.754. The maximum Gasteiger partial charge on any atom is 0.226 e. The van der Waals surface area contributed by atoms with Crippen LogP contribution in [0.1, 0.15) is 17.2 Å². The SMILES string of the molecule is Oc1ccccc1C1=C[C@H](c2ccc(Cl)cc2)n2ncnc2N1. The number of hydrogen-bond acceptors (Lipinski definition) is 4. The van der Waals surface area contributed by atoms with E-state index in [0.717, 1.165) is 16.8 Å². The third-order valence-electron chi connectivity index (χ3n) is 3.81. The van der Waals surface area contributed by atoms with Gasteiger partial charge < -0.3 is 10.4 Å². The van der Waals surface area contributed by atoms with E-state index in [0.29, 0.717) is 11.0 Å². The van der Waals surface area contributed by atoms with Crippen LogP contribution in [-0.2, 0) is 0 Å². The van der Waals surface area contributed by atoms with Crippen LogP contribution in [0, 0.1) is 0 Å². The summed E-state index contributed by atoms with van der Waals surface area (Å²) in [6.07, 6.45) is 3.52. The summed E-state index contributed by atoms with van der Waals surface area (Å²) in [4.78, 5) is 4.25. The molecule has 0 saturated heterocycles. The molecule has 1 aromatic heterocycles. The number of halogens is 1. The zero-order chi connectivity index (χ0) is 15.8. The van der Waals surface area contributed by atoms with Gasteiger partial charge in [0.25, 0.3) is 0 Å². The number of fused-ring (bicyclic) bond motifs is 1. The summed E-state index contributed by atoms with van der Waals surface area (Å²) >= 11 is 5.98. The molecule has 23 heavy (non-hydrogen) atoms. The Bertz CT molecular complexity index is 886. The second-order valence-electron chi connectivity index (χ2n) is 5.25. The maximum absolute atomic E-state index is 10.1. The summed E-state index contributed by atoms with van der Waals surface area (Å²) in [7, 11) is 0. The summed E-state index contributed by atoms with van der Waals surface area (Å²) < 4.78 is 1.80. The van der Waals surface area contributed by atoms with E-state index < -0.39 is 0 Å². The number of allylic oxidation sites excluding steroid dienone is 1. The van der Waals surface area contributed by atoms with Crippen molar-refractivity contribution in [1.29, 1.82) is 0 Å². The normalized spacial score (nSPS) is 16.4. The lowest BCUT2D eigenvalue weighted by atomic mass is 10.0. The lowest BCUT2D eigenvalue weighted by Crippen LogP contribution is -2.20. The van der Waals surface area contributed by atoms with E-state index in [1.807, 2.05) is 42.5 Å². The summed E-state index contributed by atoms with van der Waals surface area (Å²) in [5.74, 6) is 0.847. The number of benzene rings is 2. The van der Waals surface area contributed by atoms with E-state index in [1.54, 1.807) is 16.8 Å². The Morgan fingerprint density at radius 3 is 2.65 bits per heavy atom. The van der Waals surface area contributed by atoms with Gasteiger partial charge in [0, 0.05) is 10.6 Å². The first kappa shape index (κ1) is 13.8. The lowest BCUT2D eigenvalue weighted by Gasteiger charge is -2.24. The highest BCUT2D eigenvalue weighted by Crippen LogP contribution is 2.34. The van der Waals surface area contributed by atoms with Gasteiger partial charge >= 0.3 is 0 Å². The van der Waals surface area contributed by atoms with Crippen LogP contribution in [0.2, 0.25) is 5.02 Å². The molecule has 3 aromatic rings. The van der Waals surface area contributed by atoms with Crippen LogP contribution < -0.4 is 5.32 Å². The minimum atomic E-state index is -0.124. The number of aromatic hydroxyl groups is 1. The van der Waals surface area contributed by atoms with E-state index in [9.17, 15) is 5.11 Å². The molecule has 6 heteroatoms. The van der Waals surface area contributed by atoms with Gasteiger partial charge in [-0.3, -0.25) is 0 Å². The minimum absolute atomic E-state index is 0.124. The summed E-state index contributed by atoms with van der Waals surface area (Å²) in [5, 5.41) is 18.3. The van der Waals surface area contributed by atoms with Crippen molar-refractivity contribution in [1.82, 2.24) is 14.8 Å². The molecule has 1 aliphatic heterocycles. The number of phenolic OH excluding ortho intramolecular Hbond substituents is 1. The van der Waals surface area contributed by atoms with Gasteiger partial charge in [-0.1, -0.05) is 35.9 Å². The third kappa shape index (κ3) is 2.45. The van der Waals surface area contributed by atoms with Gasteiger partial charge in [0.2, 0.25) is 5.95 Å². The van der Waals surface area contributed by atoms with Crippen LogP contribution in [0.25, 0.3) is 5.70 Å². The van der Waals surface area contributed by atoms with Crippen LogP contribution in [0.15, 0.2) is 60.9 Å². The first-order valence-electron chi connectivity index (χ1n) is 7.14. The Balaban J connectivity index is 1.83. The monoisotopic (exact) mass is 324 g/mol. The van der Waals surface area contributed by atoms with Gasteiger partial charge in [-0.15, -0.1) is 0 Å². The molecule has 2 N–H and O–H groups in total. The average Bonchev–Trinajstić information content (AvgIpc) is 3.04. The van der Waals surface area contributed by atoms with Crippen LogP contribution in [-0.4, -0.2) is 19.9 Å². The molecule has 0 bridgehead atoms. The van der Waals surface area contributed by atoms with Crippen molar-refractivity contribution in [3.63, 3.8) is 0 Å². The number of nitrogens with one attached hydrogen (secondary N) is 1. The first-order chi connectivity index (χ1) is 11.2. The predicted octanol–water partition coefficient (Wildman–Crippen LogP) is 3.69. The predicted molar refractivity (Wildman–Crippen MR) is 89.3 cm³/mol. The van der Waals surface area contributed by atoms with Crippen molar-refractivity contribution in [2.45, 2.75) is 6.04 Å². The fraction of sp³-hybridized carbons (Fsp3) is 0.0588. The Morgan fingerprint density at radius 2 is 1.87 bits per heavy atom. The number of phenols is 1. The van der Waals surface area contributed by atoms with Crippen molar-refractivity contribution < 1.29 is 5.11 Å². The van der Waals surface area contributed by atoms with Crippen molar-refractivity contribution in [2.24, 2.45) is 0 Å². The van der Waals surface area contributed by atoms with Gasteiger partial charge in [-0.2, -0.15) is 10.1 Å². The number of para-hydroxylation sites is 1. The molecule has 2 aromatic carbocycles. The molecule has 0 fully saturated rings. The fourth-order valence-electron chi connectivity index (χ4n) is 2.69. The molecular weight excluding hydrogens is 312 g/mol. The minimum Gasteiger partial charge on any atom is -0.507 e. The van der Waals surface area contributed by atoms with E-state index in [2.05, 4.69) is 15.4 Å². The highest BCUT2D eigenvalue weighted by Gasteiger charge is 2.24. The largest absolute Gasteiger partial charge is 0.507 e. The highest BCUT2D eigenvalue weighted by molar-refractivity contribution is 6.30. The number of hydrogen-bond donors (Lipinski definition) is 2. The molecule has 0 unspecified atom stereocenters. The van der Waals surface area contributed by atoms with Crippen molar-refractivity contribution in [3.8, 4) is 5.75 Å². The Kier molecular flexibility index (Phi) is 3.28. The van der Waals surface area contributed by atoms with Crippen LogP contribution in [0.5, 0.6) is 5.75 Å². The number of rotatable bonds is 2. The van der Waals surface area contributed by atoms with Crippen LogP contribution >= 0.6 is 11.6 Å². The molecule has 1 atom stereocenters. The standard InChI is InChI=1S/C17H13ClN4O/c18-12-7-5-11(6-8-12)15-9-14(13-3-1-2-4-16(13)23)21-17-19-10-20-22(15)17/h1-10,15,23H,(H,19,20,21)/t15-/m1/s1. The van der Waals surface area contributed by atoms with E-state index in [4.69, 9.17) is 11.6 Å². The molecule has 0 radical (unpaired) electrons. The molecule has 1 aliphatic rings. The van der Waals surface area contributed by atoms with Gasteiger partial charge in [-0.05, 0) is 35.9 Å². The maximum atomic E-state index is 10.1.